The van der Waals surface area contributed by atoms with Crippen LogP contribution in [-0.4, -0.2) is 22.8 Å². The Labute approximate surface area is 126 Å². The van der Waals surface area contributed by atoms with E-state index in [1.807, 2.05) is 31.2 Å². The lowest BCUT2D eigenvalue weighted by Gasteiger charge is -2.13. The molecule has 1 saturated heterocycles. The molecular formula is C15H15ClN2O3. The van der Waals surface area contributed by atoms with Crippen LogP contribution in [0.4, 0.5) is 0 Å². The fourth-order valence-corrected chi connectivity index (χ4v) is 2.90. The first-order valence-corrected chi connectivity index (χ1v) is 7.15. The number of hydrogen-bond acceptors (Lipinski definition) is 3. The van der Waals surface area contributed by atoms with E-state index >= 15 is 0 Å². The number of halogens is 1. The van der Waals surface area contributed by atoms with Gasteiger partial charge in [-0.2, -0.15) is 0 Å². The van der Waals surface area contributed by atoms with Gasteiger partial charge in [-0.05, 0) is 18.9 Å². The number of aromatic amines is 1. The SMILES string of the molecule is Cc1cccc(-c2c(Cl)[nH]c(=O)n(C3CCOC3)c2=O)c1. The van der Waals surface area contributed by atoms with Crippen LogP contribution in [0, 0.1) is 6.92 Å². The second-order valence-corrected chi connectivity index (χ2v) is 5.56. The quantitative estimate of drug-likeness (QED) is 0.865. The number of nitrogens with one attached hydrogen (secondary N) is 1. The normalized spacial score (nSPS) is 18.1. The van der Waals surface area contributed by atoms with Crippen LogP contribution in [0.25, 0.3) is 11.1 Å². The minimum absolute atomic E-state index is 0.0748. The topological polar surface area (TPSA) is 64.1 Å². The lowest BCUT2D eigenvalue weighted by Crippen LogP contribution is -2.39. The third-order valence-electron chi connectivity index (χ3n) is 3.67. The summed E-state index contributed by atoms with van der Waals surface area (Å²) in [6, 6.07) is 7.24. The molecule has 1 aliphatic heterocycles. The molecule has 5 nitrogen and oxygen atoms in total. The fraction of sp³-hybridized carbons (Fsp3) is 0.333. The molecule has 2 heterocycles. The molecule has 0 spiro atoms. The number of H-pyrrole nitrogens is 1. The summed E-state index contributed by atoms with van der Waals surface area (Å²) in [4.78, 5) is 27.3. The average molecular weight is 307 g/mol. The van der Waals surface area contributed by atoms with Crippen molar-refractivity contribution >= 4 is 11.6 Å². The first-order chi connectivity index (χ1) is 10.1. The van der Waals surface area contributed by atoms with Crippen LogP contribution in [0.5, 0.6) is 0 Å². The largest absolute Gasteiger partial charge is 0.379 e. The number of aryl methyl sites for hydroxylation is 1. The summed E-state index contributed by atoms with van der Waals surface area (Å²) in [6.07, 6.45) is 0.651. The summed E-state index contributed by atoms with van der Waals surface area (Å²) in [7, 11) is 0. The molecular weight excluding hydrogens is 292 g/mol. The second-order valence-electron chi connectivity index (χ2n) is 5.18. The lowest BCUT2D eigenvalue weighted by atomic mass is 10.1. The summed E-state index contributed by atoms with van der Waals surface area (Å²) in [5, 5.41) is 0.0748. The van der Waals surface area contributed by atoms with E-state index in [4.69, 9.17) is 16.3 Å². The summed E-state index contributed by atoms with van der Waals surface area (Å²) in [5.41, 5.74) is 1.19. The van der Waals surface area contributed by atoms with E-state index in [-0.39, 0.29) is 16.8 Å². The smallest absolute Gasteiger partial charge is 0.329 e. The van der Waals surface area contributed by atoms with E-state index in [9.17, 15) is 9.59 Å². The molecule has 0 aliphatic carbocycles. The number of aromatic nitrogens is 2. The Kier molecular flexibility index (Phi) is 3.69. The Morgan fingerprint density at radius 2 is 2.19 bits per heavy atom. The highest BCUT2D eigenvalue weighted by Gasteiger charge is 2.24. The molecule has 0 amide bonds. The first kappa shape index (κ1) is 14.1. The van der Waals surface area contributed by atoms with Crippen molar-refractivity contribution < 1.29 is 4.74 Å². The van der Waals surface area contributed by atoms with Gasteiger partial charge >= 0.3 is 5.69 Å². The zero-order valence-corrected chi connectivity index (χ0v) is 12.3. The van der Waals surface area contributed by atoms with Gasteiger partial charge < -0.3 is 4.74 Å². The summed E-state index contributed by atoms with van der Waals surface area (Å²) in [6.45, 7) is 2.86. The molecule has 1 aliphatic rings. The van der Waals surface area contributed by atoms with Crippen molar-refractivity contribution in [3.63, 3.8) is 0 Å². The maximum absolute atomic E-state index is 12.7. The average Bonchev–Trinajstić information content (AvgIpc) is 2.92. The van der Waals surface area contributed by atoms with Crippen molar-refractivity contribution in [1.29, 1.82) is 0 Å². The molecule has 2 aromatic rings. The molecule has 110 valence electrons. The van der Waals surface area contributed by atoms with Crippen molar-refractivity contribution in [3.05, 3.63) is 55.8 Å². The Bertz CT molecular complexity index is 788. The van der Waals surface area contributed by atoms with Crippen LogP contribution >= 0.6 is 11.6 Å². The van der Waals surface area contributed by atoms with Gasteiger partial charge in [-0.3, -0.25) is 14.3 Å². The fourth-order valence-electron chi connectivity index (χ4n) is 2.63. The predicted molar refractivity (Wildman–Crippen MR) is 81.0 cm³/mol. The monoisotopic (exact) mass is 306 g/mol. The van der Waals surface area contributed by atoms with Crippen molar-refractivity contribution in [2.45, 2.75) is 19.4 Å². The van der Waals surface area contributed by atoms with Crippen LogP contribution in [0.15, 0.2) is 33.9 Å². The van der Waals surface area contributed by atoms with Crippen LogP contribution in [0.1, 0.15) is 18.0 Å². The Balaban J connectivity index is 2.24. The van der Waals surface area contributed by atoms with E-state index in [1.165, 1.54) is 4.57 Å². The minimum atomic E-state index is -0.489. The molecule has 1 aromatic carbocycles. The summed E-state index contributed by atoms with van der Waals surface area (Å²) >= 11 is 6.10. The number of hydrogen-bond donors (Lipinski definition) is 1. The van der Waals surface area contributed by atoms with Crippen LogP contribution in [-0.2, 0) is 4.74 Å². The predicted octanol–water partition coefficient (Wildman–Crippen LogP) is 2.13. The minimum Gasteiger partial charge on any atom is -0.379 e. The van der Waals surface area contributed by atoms with Crippen molar-refractivity contribution in [2.75, 3.05) is 13.2 Å². The van der Waals surface area contributed by atoms with Gasteiger partial charge in [-0.15, -0.1) is 0 Å². The van der Waals surface area contributed by atoms with Crippen molar-refractivity contribution in [3.8, 4) is 11.1 Å². The zero-order valence-electron chi connectivity index (χ0n) is 11.6. The Morgan fingerprint density at radius 1 is 1.38 bits per heavy atom. The van der Waals surface area contributed by atoms with Gasteiger partial charge in [0.25, 0.3) is 5.56 Å². The van der Waals surface area contributed by atoms with Gasteiger partial charge in [0.2, 0.25) is 0 Å². The first-order valence-electron chi connectivity index (χ1n) is 6.77. The van der Waals surface area contributed by atoms with E-state index in [0.29, 0.717) is 30.8 Å². The van der Waals surface area contributed by atoms with E-state index in [0.717, 1.165) is 5.56 Å². The highest BCUT2D eigenvalue weighted by atomic mass is 35.5. The molecule has 3 rings (SSSR count). The maximum Gasteiger partial charge on any atom is 0.329 e. The van der Waals surface area contributed by atoms with Crippen LogP contribution in [0.3, 0.4) is 0 Å². The maximum atomic E-state index is 12.7. The zero-order chi connectivity index (χ0) is 15.0. The highest BCUT2D eigenvalue weighted by Crippen LogP contribution is 2.24. The number of ether oxygens (including phenoxy) is 1. The highest BCUT2D eigenvalue weighted by molar-refractivity contribution is 6.32. The van der Waals surface area contributed by atoms with Crippen molar-refractivity contribution in [2.24, 2.45) is 0 Å². The molecule has 0 bridgehead atoms. The van der Waals surface area contributed by atoms with E-state index in [2.05, 4.69) is 4.98 Å². The third kappa shape index (κ3) is 2.54. The standard InChI is InChI=1S/C15H15ClN2O3/c1-9-3-2-4-10(7-9)12-13(16)17-15(20)18(14(12)19)11-5-6-21-8-11/h2-4,7,11H,5-6,8H2,1H3,(H,17,20). The molecule has 0 radical (unpaired) electrons. The third-order valence-corrected chi connectivity index (χ3v) is 3.95. The second kappa shape index (κ2) is 5.50. The molecule has 1 aromatic heterocycles. The van der Waals surface area contributed by atoms with Crippen molar-refractivity contribution in [1.82, 2.24) is 9.55 Å². The lowest BCUT2D eigenvalue weighted by molar-refractivity contribution is 0.185. The number of rotatable bonds is 2. The molecule has 1 fully saturated rings. The molecule has 1 unspecified atom stereocenters. The molecule has 21 heavy (non-hydrogen) atoms. The van der Waals surface area contributed by atoms with E-state index in [1.54, 1.807) is 0 Å². The molecule has 0 saturated carbocycles. The Morgan fingerprint density at radius 3 is 2.86 bits per heavy atom. The van der Waals surface area contributed by atoms with Gasteiger partial charge in [0.05, 0.1) is 18.2 Å². The molecule has 1 N–H and O–H groups in total. The van der Waals surface area contributed by atoms with Crippen LogP contribution in [0.2, 0.25) is 5.15 Å². The van der Waals surface area contributed by atoms with Gasteiger partial charge in [0.1, 0.15) is 5.15 Å². The molecule has 6 heteroatoms. The van der Waals surface area contributed by atoms with Gasteiger partial charge in [-0.25, -0.2) is 4.79 Å². The Hall–Kier alpha value is -1.85. The van der Waals surface area contributed by atoms with Crippen LogP contribution < -0.4 is 11.2 Å². The number of nitrogens with zero attached hydrogens (tertiary/aromatic N) is 1. The van der Waals surface area contributed by atoms with Gasteiger partial charge in [0.15, 0.2) is 0 Å². The summed E-state index contributed by atoms with van der Waals surface area (Å²) in [5.74, 6) is 0. The van der Waals surface area contributed by atoms with Gasteiger partial charge in [-0.1, -0.05) is 41.4 Å². The summed E-state index contributed by atoms with van der Waals surface area (Å²) < 4.78 is 6.49. The number of benzene rings is 1. The van der Waals surface area contributed by atoms with Gasteiger partial charge in [0, 0.05) is 6.61 Å². The van der Waals surface area contributed by atoms with E-state index < -0.39 is 5.69 Å². The molecule has 1 atom stereocenters.